The summed E-state index contributed by atoms with van der Waals surface area (Å²) in [5, 5.41) is 50.1. The number of aliphatic hydroxyl groups excluding tert-OH is 5. The van der Waals surface area contributed by atoms with Crippen molar-refractivity contribution >= 4 is 13.8 Å². The van der Waals surface area contributed by atoms with E-state index in [0.717, 1.165) is 38.5 Å². The molecule has 1 saturated carbocycles. The normalized spacial score (nSPS) is 22.4. The first-order valence-electron chi connectivity index (χ1n) is 24.4. The van der Waals surface area contributed by atoms with Crippen LogP contribution in [0.15, 0.2) is 0 Å². The molecule has 1 rings (SSSR count). The average molecular weight is 867 g/mol. The SMILES string of the molecule is CCCCCCCCCCCCCCCCCCCCCCCCOCC(COP(=O)(O)OC1C(O)C(O)C(O)C(O)C1O)OC(=O)CCCCCCCCCCCC. The van der Waals surface area contributed by atoms with Crippen LogP contribution in [0.5, 0.6) is 0 Å². The number of hydrogen-bond donors (Lipinski definition) is 6. The van der Waals surface area contributed by atoms with Crippen molar-refractivity contribution in [2.75, 3.05) is 19.8 Å². The van der Waals surface area contributed by atoms with Gasteiger partial charge in [-0.3, -0.25) is 13.8 Å². The van der Waals surface area contributed by atoms with Crippen LogP contribution in [0.3, 0.4) is 0 Å². The molecule has 0 aromatic carbocycles. The molecule has 0 bridgehead atoms. The Morgan fingerprint density at radius 3 is 1.17 bits per heavy atom. The van der Waals surface area contributed by atoms with Gasteiger partial charge in [0, 0.05) is 13.0 Å². The second kappa shape index (κ2) is 37.9. The zero-order valence-electron chi connectivity index (χ0n) is 37.6. The van der Waals surface area contributed by atoms with Gasteiger partial charge in [-0.2, -0.15) is 0 Å². The van der Waals surface area contributed by atoms with E-state index < -0.39 is 63.1 Å². The molecule has 1 fully saturated rings. The van der Waals surface area contributed by atoms with Crippen LogP contribution in [0.2, 0.25) is 0 Å². The second-order valence-electron chi connectivity index (χ2n) is 17.3. The van der Waals surface area contributed by atoms with Gasteiger partial charge in [0.15, 0.2) is 0 Å². The number of carbonyl (C=O) groups excluding carboxylic acids is 1. The minimum absolute atomic E-state index is 0.0681. The van der Waals surface area contributed by atoms with Crippen molar-refractivity contribution in [1.82, 2.24) is 0 Å². The Bertz CT molecular complexity index is 989. The van der Waals surface area contributed by atoms with E-state index in [0.29, 0.717) is 13.0 Å². The lowest BCUT2D eigenvalue weighted by atomic mass is 9.85. The van der Waals surface area contributed by atoms with E-state index >= 15 is 0 Å². The zero-order chi connectivity index (χ0) is 43.4. The molecule has 1 aliphatic rings. The van der Waals surface area contributed by atoms with E-state index in [-0.39, 0.29) is 13.0 Å². The first-order valence-corrected chi connectivity index (χ1v) is 25.9. The van der Waals surface area contributed by atoms with Crippen LogP contribution in [-0.4, -0.2) is 98.9 Å². The van der Waals surface area contributed by atoms with Gasteiger partial charge in [0.25, 0.3) is 0 Å². The van der Waals surface area contributed by atoms with Crippen LogP contribution >= 0.6 is 7.82 Å². The predicted octanol–water partition coefficient (Wildman–Crippen LogP) is 10.1. The third-order valence-electron chi connectivity index (χ3n) is 11.7. The molecular weight excluding hydrogens is 775 g/mol. The lowest BCUT2D eigenvalue weighted by Crippen LogP contribution is -2.64. The number of hydrogen-bond acceptors (Lipinski definition) is 11. The molecule has 12 nitrogen and oxygen atoms in total. The molecule has 0 amide bonds. The van der Waals surface area contributed by atoms with Gasteiger partial charge in [0.05, 0.1) is 13.2 Å². The average Bonchev–Trinajstić information content (AvgIpc) is 3.22. The van der Waals surface area contributed by atoms with Gasteiger partial charge in [-0.05, 0) is 12.8 Å². The molecule has 6 N–H and O–H groups in total. The van der Waals surface area contributed by atoms with Crippen LogP contribution in [0.4, 0.5) is 0 Å². The van der Waals surface area contributed by atoms with Crippen molar-refractivity contribution in [3.63, 3.8) is 0 Å². The summed E-state index contributed by atoms with van der Waals surface area (Å²) in [6.45, 7) is 4.28. The lowest BCUT2D eigenvalue weighted by molar-refractivity contribution is -0.220. The largest absolute Gasteiger partial charge is 0.472 e. The maximum atomic E-state index is 12.8. The second-order valence-corrected chi connectivity index (χ2v) is 18.7. The third-order valence-corrected chi connectivity index (χ3v) is 12.7. The molecule has 0 aromatic rings. The summed E-state index contributed by atoms with van der Waals surface area (Å²) in [7, 11) is -5.01. The van der Waals surface area contributed by atoms with E-state index in [1.165, 1.54) is 161 Å². The maximum Gasteiger partial charge on any atom is 0.472 e. The highest BCUT2D eigenvalue weighted by atomic mass is 31.2. The zero-order valence-corrected chi connectivity index (χ0v) is 38.5. The van der Waals surface area contributed by atoms with Crippen molar-refractivity contribution in [2.24, 2.45) is 0 Å². The van der Waals surface area contributed by atoms with Crippen LogP contribution in [0.25, 0.3) is 0 Å². The van der Waals surface area contributed by atoms with Crippen molar-refractivity contribution in [3.8, 4) is 0 Å². The summed E-state index contributed by atoms with van der Waals surface area (Å²) in [5.41, 5.74) is 0. The van der Waals surface area contributed by atoms with Crippen molar-refractivity contribution in [2.45, 2.75) is 268 Å². The van der Waals surface area contributed by atoms with Crippen LogP contribution in [0.1, 0.15) is 226 Å². The Balaban J connectivity index is 2.27. The minimum Gasteiger partial charge on any atom is -0.457 e. The number of unbranched alkanes of at least 4 members (excludes halogenated alkanes) is 30. The smallest absolute Gasteiger partial charge is 0.457 e. The Morgan fingerprint density at radius 1 is 0.475 bits per heavy atom. The lowest BCUT2D eigenvalue weighted by Gasteiger charge is -2.41. The van der Waals surface area contributed by atoms with E-state index in [1.807, 2.05) is 0 Å². The van der Waals surface area contributed by atoms with E-state index in [4.69, 9.17) is 18.5 Å². The highest BCUT2D eigenvalue weighted by Gasteiger charge is 2.51. The molecule has 6 atom stereocenters. The Kier molecular flexibility index (Phi) is 36.2. The number of aliphatic hydroxyl groups is 5. The van der Waals surface area contributed by atoms with Gasteiger partial charge < -0.3 is 39.9 Å². The number of rotatable bonds is 42. The van der Waals surface area contributed by atoms with Crippen molar-refractivity contribution < 1.29 is 58.3 Å². The van der Waals surface area contributed by atoms with Crippen molar-refractivity contribution in [1.29, 1.82) is 0 Å². The Morgan fingerprint density at radius 2 is 0.797 bits per heavy atom. The minimum atomic E-state index is -5.01. The number of esters is 1. The number of carbonyl (C=O) groups is 1. The van der Waals surface area contributed by atoms with Gasteiger partial charge in [0.1, 0.15) is 42.7 Å². The highest BCUT2D eigenvalue weighted by Crippen LogP contribution is 2.47. The van der Waals surface area contributed by atoms with E-state index in [9.17, 15) is 39.8 Å². The maximum absolute atomic E-state index is 12.8. The molecule has 6 unspecified atom stereocenters. The standard InChI is InChI=1S/C46H91O12P/c1-3-5-7-9-11-13-15-16-17-18-19-20-21-22-23-24-25-26-28-30-32-34-36-55-37-39(57-40(47)35-33-31-29-27-14-12-10-8-6-4-2)38-56-59(53,54)58-46-44(51)42(49)41(48)43(50)45(46)52/h39,41-46,48-52H,3-38H2,1-2H3,(H,53,54). The Hall–Kier alpha value is -0.660. The van der Waals surface area contributed by atoms with Gasteiger partial charge in [-0.1, -0.05) is 206 Å². The van der Waals surface area contributed by atoms with Crippen LogP contribution in [0, 0.1) is 0 Å². The quantitative estimate of drug-likeness (QED) is 0.0194. The number of phosphoric ester groups is 1. The monoisotopic (exact) mass is 867 g/mol. The molecule has 0 radical (unpaired) electrons. The number of phosphoric acid groups is 1. The Labute approximate surface area is 359 Å². The predicted molar refractivity (Wildman–Crippen MR) is 235 cm³/mol. The number of ether oxygens (including phenoxy) is 2. The molecule has 0 saturated heterocycles. The van der Waals surface area contributed by atoms with Crippen molar-refractivity contribution in [3.05, 3.63) is 0 Å². The molecular formula is C46H91O12P. The molecule has 0 aliphatic heterocycles. The van der Waals surface area contributed by atoms with Gasteiger partial charge >= 0.3 is 13.8 Å². The summed E-state index contributed by atoms with van der Waals surface area (Å²) in [4.78, 5) is 23.1. The summed E-state index contributed by atoms with van der Waals surface area (Å²) in [6, 6.07) is 0. The van der Waals surface area contributed by atoms with Gasteiger partial charge in [0.2, 0.25) is 0 Å². The fourth-order valence-corrected chi connectivity index (χ4v) is 8.80. The summed E-state index contributed by atoms with van der Waals surface area (Å²) in [6.07, 6.45) is 27.6. The van der Waals surface area contributed by atoms with E-state index in [2.05, 4.69) is 13.8 Å². The van der Waals surface area contributed by atoms with Gasteiger partial charge in [-0.25, -0.2) is 4.57 Å². The molecule has 13 heteroatoms. The first-order chi connectivity index (χ1) is 28.5. The summed E-state index contributed by atoms with van der Waals surface area (Å²) in [5.74, 6) is -0.474. The molecule has 1 aliphatic carbocycles. The summed E-state index contributed by atoms with van der Waals surface area (Å²) < 4.78 is 34.2. The van der Waals surface area contributed by atoms with Crippen LogP contribution in [-0.2, 0) is 27.9 Å². The molecule has 59 heavy (non-hydrogen) atoms. The fraction of sp³-hybridized carbons (Fsp3) is 0.978. The molecule has 0 heterocycles. The molecule has 0 spiro atoms. The van der Waals surface area contributed by atoms with Crippen LogP contribution < -0.4 is 0 Å². The molecule has 0 aromatic heterocycles. The fourth-order valence-electron chi connectivity index (χ4n) is 7.83. The topological polar surface area (TPSA) is 192 Å². The van der Waals surface area contributed by atoms with Gasteiger partial charge in [-0.15, -0.1) is 0 Å². The van der Waals surface area contributed by atoms with E-state index in [1.54, 1.807) is 0 Å². The highest BCUT2D eigenvalue weighted by molar-refractivity contribution is 7.47. The third kappa shape index (κ3) is 30.1. The summed E-state index contributed by atoms with van der Waals surface area (Å²) >= 11 is 0. The first kappa shape index (κ1) is 56.4. The molecule has 352 valence electrons.